The number of aliphatic hydroxyl groups is 1. The maximum Gasteiger partial charge on any atom is 0.244 e. The molecule has 0 aromatic rings. The second-order valence-electron chi connectivity index (χ2n) is 4.45. The molecule has 0 saturated heterocycles. The van der Waals surface area contributed by atoms with Crippen LogP contribution in [0.5, 0.6) is 0 Å². The van der Waals surface area contributed by atoms with Crippen LogP contribution in [0.15, 0.2) is 12.0 Å². The first-order valence-corrected chi connectivity index (χ1v) is 5.75. The van der Waals surface area contributed by atoms with E-state index in [1.54, 1.807) is 13.8 Å². The van der Waals surface area contributed by atoms with Gasteiger partial charge < -0.3 is 28.8 Å². The van der Waals surface area contributed by atoms with E-state index in [1.165, 1.54) is 27.6 Å². The van der Waals surface area contributed by atoms with Gasteiger partial charge in [0.15, 0.2) is 5.76 Å². The summed E-state index contributed by atoms with van der Waals surface area (Å²) in [6.07, 6.45) is 0.000346. The number of rotatable bonds is 7. The van der Waals surface area contributed by atoms with Crippen LogP contribution < -0.4 is 0 Å². The molecule has 106 valence electrons. The van der Waals surface area contributed by atoms with Crippen molar-refractivity contribution in [3.8, 4) is 0 Å². The molecular weight excluding hydrogens is 240 g/mol. The minimum Gasteiger partial charge on any atom is -0.457 e. The zero-order valence-corrected chi connectivity index (χ0v) is 11.5. The van der Waals surface area contributed by atoms with Gasteiger partial charge in [-0.2, -0.15) is 0 Å². The highest BCUT2D eigenvalue weighted by molar-refractivity contribution is 5.06. The lowest BCUT2D eigenvalue weighted by atomic mass is 10.1. The van der Waals surface area contributed by atoms with Crippen molar-refractivity contribution in [1.82, 2.24) is 0 Å². The Morgan fingerprint density at radius 1 is 1.22 bits per heavy atom. The first-order chi connectivity index (χ1) is 8.49. The van der Waals surface area contributed by atoms with E-state index < -0.39 is 24.1 Å². The highest BCUT2D eigenvalue weighted by Gasteiger charge is 2.39. The lowest BCUT2D eigenvalue weighted by Gasteiger charge is -2.30. The molecule has 0 aliphatic carbocycles. The molecule has 1 N–H and O–H groups in total. The largest absolute Gasteiger partial charge is 0.457 e. The molecule has 1 aliphatic heterocycles. The van der Waals surface area contributed by atoms with Gasteiger partial charge in [0.2, 0.25) is 5.79 Å². The fraction of sp³-hybridized carbons (Fsp3) is 0.833. The first kappa shape index (κ1) is 15.2. The third kappa shape index (κ3) is 3.35. The summed E-state index contributed by atoms with van der Waals surface area (Å²) in [5.41, 5.74) is 0. The fourth-order valence-electron chi connectivity index (χ4n) is 1.85. The van der Waals surface area contributed by atoms with Crippen molar-refractivity contribution in [1.29, 1.82) is 0 Å². The molecule has 3 atom stereocenters. The van der Waals surface area contributed by atoms with E-state index in [1.807, 2.05) is 0 Å². The SMILES string of the molecule is CO[C@@H]([C@H](OC)C1=COC(C)(C)O1)[C@@H](CO)OC. The zero-order valence-electron chi connectivity index (χ0n) is 11.5. The van der Waals surface area contributed by atoms with Gasteiger partial charge in [0.1, 0.15) is 24.6 Å². The molecule has 0 spiro atoms. The molecule has 1 aliphatic rings. The summed E-state index contributed by atoms with van der Waals surface area (Å²) < 4.78 is 26.9. The number of hydrogen-bond donors (Lipinski definition) is 1. The Hall–Kier alpha value is -0.820. The smallest absolute Gasteiger partial charge is 0.244 e. The molecule has 0 aromatic carbocycles. The van der Waals surface area contributed by atoms with Crippen molar-refractivity contribution in [3.05, 3.63) is 12.0 Å². The first-order valence-electron chi connectivity index (χ1n) is 5.75. The highest BCUT2D eigenvalue weighted by atomic mass is 16.7. The van der Waals surface area contributed by atoms with E-state index in [-0.39, 0.29) is 6.61 Å². The van der Waals surface area contributed by atoms with Crippen LogP contribution in [0, 0.1) is 0 Å². The second-order valence-corrected chi connectivity index (χ2v) is 4.45. The Morgan fingerprint density at radius 2 is 1.89 bits per heavy atom. The molecule has 18 heavy (non-hydrogen) atoms. The number of methoxy groups -OCH3 is 3. The van der Waals surface area contributed by atoms with E-state index in [0.717, 1.165) is 0 Å². The molecule has 0 unspecified atom stereocenters. The van der Waals surface area contributed by atoms with Gasteiger partial charge in [-0.25, -0.2) is 0 Å². The molecule has 0 saturated carbocycles. The van der Waals surface area contributed by atoms with Gasteiger partial charge in [-0.05, 0) is 0 Å². The zero-order chi connectivity index (χ0) is 13.8. The molecule has 0 bridgehead atoms. The summed E-state index contributed by atoms with van der Waals surface area (Å²) >= 11 is 0. The maximum atomic E-state index is 9.27. The molecule has 1 rings (SSSR count). The van der Waals surface area contributed by atoms with Crippen molar-refractivity contribution in [3.63, 3.8) is 0 Å². The summed E-state index contributed by atoms with van der Waals surface area (Å²) in [5.74, 6) is -0.198. The Balaban J connectivity index is 2.81. The average Bonchev–Trinajstić information content (AvgIpc) is 2.69. The molecule has 0 aromatic heterocycles. The van der Waals surface area contributed by atoms with Gasteiger partial charge in [0.05, 0.1) is 6.61 Å². The van der Waals surface area contributed by atoms with Gasteiger partial charge in [0, 0.05) is 35.2 Å². The third-order valence-corrected chi connectivity index (χ3v) is 2.78. The summed E-state index contributed by atoms with van der Waals surface area (Å²) in [6, 6.07) is 0. The monoisotopic (exact) mass is 262 g/mol. The summed E-state index contributed by atoms with van der Waals surface area (Å²) in [7, 11) is 4.57. The van der Waals surface area contributed by atoms with Crippen LogP contribution in [0.3, 0.4) is 0 Å². The predicted molar refractivity (Wildman–Crippen MR) is 63.8 cm³/mol. The van der Waals surface area contributed by atoms with E-state index in [4.69, 9.17) is 23.7 Å². The summed E-state index contributed by atoms with van der Waals surface area (Å²) in [5, 5.41) is 9.27. The van der Waals surface area contributed by atoms with E-state index in [9.17, 15) is 5.11 Å². The number of aliphatic hydroxyl groups excluding tert-OH is 1. The fourth-order valence-corrected chi connectivity index (χ4v) is 1.85. The molecule has 0 amide bonds. The van der Waals surface area contributed by atoms with Crippen LogP contribution in [0.1, 0.15) is 13.8 Å². The third-order valence-electron chi connectivity index (χ3n) is 2.78. The lowest BCUT2D eigenvalue weighted by molar-refractivity contribution is -0.152. The number of ether oxygens (including phenoxy) is 5. The molecular formula is C12H22O6. The van der Waals surface area contributed by atoms with E-state index >= 15 is 0 Å². The second kappa shape index (κ2) is 6.38. The van der Waals surface area contributed by atoms with Crippen LogP contribution in [0.2, 0.25) is 0 Å². The quantitative estimate of drug-likeness (QED) is 0.726. The van der Waals surface area contributed by atoms with Gasteiger partial charge in [-0.3, -0.25) is 0 Å². The van der Waals surface area contributed by atoms with E-state index in [2.05, 4.69) is 0 Å². The summed E-state index contributed by atoms with van der Waals surface area (Å²) in [4.78, 5) is 0. The average molecular weight is 262 g/mol. The Morgan fingerprint density at radius 3 is 2.22 bits per heavy atom. The van der Waals surface area contributed by atoms with Crippen LogP contribution in [0.25, 0.3) is 0 Å². The number of hydrogen-bond acceptors (Lipinski definition) is 6. The van der Waals surface area contributed by atoms with Crippen molar-refractivity contribution in [2.45, 2.75) is 37.9 Å². The maximum absolute atomic E-state index is 9.27. The van der Waals surface area contributed by atoms with Gasteiger partial charge in [-0.15, -0.1) is 0 Å². The Bertz CT molecular complexity index is 284. The van der Waals surface area contributed by atoms with Crippen molar-refractivity contribution in [2.75, 3.05) is 27.9 Å². The standard InChI is InChI=1S/C12H22O6/c1-12(2)17-7-9(18-12)11(16-5)10(15-4)8(6-13)14-3/h7-8,10-11,13H,6H2,1-5H3/t8-,10-,11-/m1/s1. The minimum atomic E-state index is -0.716. The van der Waals surface area contributed by atoms with Crippen molar-refractivity contribution < 1.29 is 28.8 Å². The van der Waals surface area contributed by atoms with Gasteiger partial charge in [-0.1, -0.05) is 0 Å². The molecule has 6 nitrogen and oxygen atoms in total. The molecule has 6 heteroatoms. The van der Waals surface area contributed by atoms with Gasteiger partial charge >= 0.3 is 0 Å². The Kier molecular flexibility index (Phi) is 5.40. The molecule has 1 heterocycles. The van der Waals surface area contributed by atoms with Crippen molar-refractivity contribution in [2.24, 2.45) is 0 Å². The van der Waals surface area contributed by atoms with Gasteiger partial charge in [0.25, 0.3) is 0 Å². The predicted octanol–water partition coefficient (Wildman–Crippen LogP) is 0.648. The van der Waals surface area contributed by atoms with Crippen molar-refractivity contribution >= 4 is 0 Å². The van der Waals surface area contributed by atoms with E-state index in [0.29, 0.717) is 5.76 Å². The van der Waals surface area contributed by atoms with Crippen LogP contribution in [-0.4, -0.2) is 57.1 Å². The normalized spacial score (nSPS) is 22.7. The molecule has 0 radical (unpaired) electrons. The molecule has 0 fully saturated rings. The lowest BCUT2D eigenvalue weighted by Crippen LogP contribution is -2.44. The highest BCUT2D eigenvalue weighted by Crippen LogP contribution is 2.30. The van der Waals surface area contributed by atoms with Crippen LogP contribution >= 0.6 is 0 Å². The van der Waals surface area contributed by atoms with Crippen LogP contribution in [0.4, 0.5) is 0 Å². The minimum absolute atomic E-state index is 0.174. The summed E-state index contributed by atoms with van der Waals surface area (Å²) in [6.45, 7) is 3.42. The topological polar surface area (TPSA) is 66.4 Å². The van der Waals surface area contributed by atoms with Crippen LogP contribution in [-0.2, 0) is 23.7 Å². The Labute approximate surface area is 107 Å².